The first-order chi connectivity index (χ1) is 14.9. The molecule has 2 fully saturated rings. The van der Waals surface area contributed by atoms with Crippen molar-refractivity contribution in [3.05, 3.63) is 57.4 Å². The monoisotopic (exact) mass is 444 g/mol. The third-order valence-corrected chi connectivity index (χ3v) is 6.10. The summed E-state index contributed by atoms with van der Waals surface area (Å²) in [7, 11) is 0. The van der Waals surface area contributed by atoms with E-state index >= 15 is 0 Å². The molecule has 2 aliphatic rings. The van der Waals surface area contributed by atoms with Gasteiger partial charge in [-0.05, 0) is 31.5 Å². The normalized spacial score (nSPS) is 21.8. The molecule has 0 bridgehead atoms. The number of ketones is 1. The highest BCUT2D eigenvalue weighted by molar-refractivity contribution is 6.46. The molecule has 9 heteroatoms. The molecule has 1 unspecified atom stereocenters. The van der Waals surface area contributed by atoms with Crippen LogP contribution in [0.25, 0.3) is 5.76 Å². The summed E-state index contributed by atoms with van der Waals surface area (Å²) < 4.78 is 5.39. The highest BCUT2D eigenvalue weighted by Gasteiger charge is 2.46. The van der Waals surface area contributed by atoms with Crippen LogP contribution in [-0.2, 0) is 14.3 Å². The number of hydrogen-bond acceptors (Lipinski definition) is 6. The molecule has 164 valence electrons. The van der Waals surface area contributed by atoms with Crippen LogP contribution in [0.1, 0.15) is 28.6 Å². The number of amides is 1. The number of carbonyl (C=O) groups is 2. The fourth-order valence-corrected chi connectivity index (χ4v) is 4.34. The summed E-state index contributed by atoms with van der Waals surface area (Å²) in [4.78, 5) is 29.8. The molecule has 1 aromatic carbocycles. The number of carbonyl (C=O) groups excluding carboxylic acids is 2. The van der Waals surface area contributed by atoms with E-state index in [1.807, 2.05) is 0 Å². The number of halogens is 1. The number of ether oxygens (including phenoxy) is 1. The average molecular weight is 445 g/mol. The molecule has 0 spiro atoms. The highest BCUT2D eigenvalue weighted by atomic mass is 35.5. The number of rotatable bonds is 5. The maximum Gasteiger partial charge on any atom is 0.295 e. The predicted molar refractivity (Wildman–Crippen MR) is 116 cm³/mol. The van der Waals surface area contributed by atoms with E-state index in [1.54, 1.807) is 38.1 Å². The minimum absolute atomic E-state index is 0.0712. The van der Waals surface area contributed by atoms with Crippen LogP contribution in [0, 0.1) is 13.8 Å². The van der Waals surface area contributed by atoms with E-state index in [0.29, 0.717) is 53.8 Å². The van der Waals surface area contributed by atoms with Gasteiger partial charge in [0.25, 0.3) is 11.7 Å². The van der Waals surface area contributed by atoms with Crippen molar-refractivity contribution in [2.45, 2.75) is 19.9 Å². The number of Topliss-reactive ketones (excluding diaryl/α,β-unsaturated/α-hetero) is 1. The predicted octanol–water partition coefficient (Wildman–Crippen LogP) is 2.43. The molecule has 2 saturated heterocycles. The number of likely N-dealkylation sites (tertiary alicyclic amines) is 1. The first-order valence-corrected chi connectivity index (χ1v) is 10.6. The lowest BCUT2D eigenvalue weighted by Gasteiger charge is -2.31. The summed E-state index contributed by atoms with van der Waals surface area (Å²) in [6, 6.07) is 6.29. The Morgan fingerprint density at radius 1 is 1.19 bits per heavy atom. The Bertz CT molecular complexity index is 1010. The Morgan fingerprint density at radius 2 is 1.87 bits per heavy atom. The van der Waals surface area contributed by atoms with E-state index in [4.69, 9.17) is 16.3 Å². The second kappa shape index (κ2) is 8.82. The Morgan fingerprint density at radius 3 is 2.48 bits per heavy atom. The number of aromatic amines is 1. The third-order valence-electron chi connectivity index (χ3n) is 5.85. The molecule has 0 radical (unpaired) electrons. The van der Waals surface area contributed by atoms with Gasteiger partial charge in [-0.15, -0.1) is 0 Å². The van der Waals surface area contributed by atoms with E-state index < -0.39 is 17.7 Å². The third kappa shape index (κ3) is 4.11. The zero-order valence-corrected chi connectivity index (χ0v) is 18.3. The van der Waals surface area contributed by atoms with Crippen LogP contribution in [0.4, 0.5) is 0 Å². The highest BCUT2D eigenvalue weighted by Crippen LogP contribution is 2.40. The molecule has 1 amide bonds. The van der Waals surface area contributed by atoms with E-state index in [9.17, 15) is 14.7 Å². The lowest BCUT2D eigenvalue weighted by atomic mass is 9.95. The second-order valence-electron chi connectivity index (χ2n) is 7.81. The summed E-state index contributed by atoms with van der Waals surface area (Å²) in [5, 5.41) is 18.6. The number of morpholine rings is 1. The zero-order valence-electron chi connectivity index (χ0n) is 17.5. The van der Waals surface area contributed by atoms with Crippen molar-refractivity contribution in [2.75, 3.05) is 39.4 Å². The standard InChI is InChI=1S/C22H25ClN4O4/c1-13-17(14(2)25-24-13)20(28)18-19(15-3-5-16(23)6-4-15)27(22(30)21(18)29)8-7-26-9-11-31-12-10-26/h3-6,19,28H,7-12H2,1-2H3,(H,24,25). The van der Waals surface area contributed by atoms with Crippen LogP contribution < -0.4 is 0 Å². The number of benzene rings is 1. The molecule has 2 N–H and O–H groups in total. The van der Waals surface area contributed by atoms with Crippen molar-refractivity contribution in [3.8, 4) is 0 Å². The van der Waals surface area contributed by atoms with Crippen molar-refractivity contribution >= 4 is 29.1 Å². The van der Waals surface area contributed by atoms with Gasteiger partial charge in [-0.1, -0.05) is 23.7 Å². The zero-order chi connectivity index (χ0) is 22.1. The minimum Gasteiger partial charge on any atom is -0.507 e. The van der Waals surface area contributed by atoms with Gasteiger partial charge in [0.05, 0.1) is 36.1 Å². The van der Waals surface area contributed by atoms with Crippen molar-refractivity contribution in [3.63, 3.8) is 0 Å². The van der Waals surface area contributed by atoms with Crippen LogP contribution in [-0.4, -0.2) is 76.2 Å². The van der Waals surface area contributed by atoms with E-state index in [1.165, 1.54) is 4.90 Å². The van der Waals surface area contributed by atoms with Crippen LogP contribution >= 0.6 is 11.6 Å². The summed E-state index contributed by atoms with van der Waals surface area (Å²) >= 11 is 6.06. The van der Waals surface area contributed by atoms with Crippen LogP contribution in [0.15, 0.2) is 29.8 Å². The fraction of sp³-hybridized carbons (Fsp3) is 0.409. The van der Waals surface area contributed by atoms with Gasteiger partial charge in [0.1, 0.15) is 5.76 Å². The summed E-state index contributed by atoms with van der Waals surface area (Å²) in [6.07, 6.45) is 0. The maximum absolute atomic E-state index is 13.1. The Hall–Kier alpha value is -2.68. The fourth-order valence-electron chi connectivity index (χ4n) is 4.21. The topological polar surface area (TPSA) is 98.8 Å². The molecule has 0 aliphatic carbocycles. The van der Waals surface area contributed by atoms with Gasteiger partial charge in [-0.2, -0.15) is 5.10 Å². The van der Waals surface area contributed by atoms with E-state index in [-0.39, 0.29) is 11.3 Å². The van der Waals surface area contributed by atoms with E-state index in [2.05, 4.69) is 15.1 Å². The maximum atomic E-state index is 13.1. The number of nitrogens with one attached hydrogen (secondary N) is 1. The quantitative estimate of drug-likeness (QED) is 0.417. The number of aromatic nitrogens is 2. The number of hydrogen-bond donors (Lipinski definition) is 2. The van der Waals surface area contributed by atoms with Crippen molar-refractivity contribution in [2.24, 2.45) is 0 Å². The average Bonchev–Trinajstić information content (AvgIpc) is 3.23. The van der Waals surface area contributed by atoms with Crippen molar-refractivity contribution < 1.29 is 19.4 Å². The Balaban J connectivity index is 1.75. The Kier molecular flexibility index (Phi) is 6.13. The van der Waals surface area contributed by atoms with Gasteiger partial charge in [0, 0.05) is 36.9 Å². The van der Waals surface area contributed by atoms with Crippen LogP contribution in [0.2, 0.25) is 5.02 Å². The number of aryl methyl sites for hydroxylation is 2. The first kappa shape index (κ1) is 21.5. The molecule has 4 rings (SSSR count). The van der Waals surface area contributed by atoms with Gasteiger partial charge in [-0.3, -0.25) is 19.6 Å². The number of H-pyrrole nitrogens is 1. The number of aliphatic hydroxyl groups is 1. The Labute approximate surface area is 185 Å². The van der Waals surface area contributed by atoms with Gasteiger partial charge in [-0.25, -0.2) is 0 Å². The van der Waals surface area contributed by atoms with Gasteiger partial charge in [0.2, 0.25) is 0 Å². The molecular formula is C22H25ClN4O4. The number of aliphatic hydroxyl groups excluding tert-OH is 1. The SMILES string of the molecule is Cc1n[nH]c(C)c1C(O)=C1C(=O)C(=O)N(CCN2CCOCC2)C1c1ccc(Cl)cc1. The van der Waals surface area contributed by atoms with Crippen molar-refractivity contribution in [1.82, 2.24) is 20.0 Å². The molecule has 8 nitrogen and oxygen atoms in total. The lowest BCUT2D eigenvalue weighted by Crippen LogP contribution is -2.42. The minimum atomic E-state index is -0.702. The molecule has 0 saturated carbocycles. The summed E-state index contributed by atoms with van der Waals surface area (Å²) in [5.41, 5.74) is 2.42. The molecule has 3 heterocycles. The van der Waals surface area contributed by atoms with Gasteiger partial charge < -0.3 is 14.7 Å². The lowest BCUT2D eigenvalue weighted by molar-refractivity contribution is -0.140. The van der Waals surface area contributed by atoms with Crippen LogP contribution in [0.5, 0.6) is 0 Å². The van der Waals surface area contributed by atoms with Gasteiger partial charge in [0.15, 0.2) is 0 Å². The largest absolute Gasteiger partial charge is 0.507 e. The molecule has 1 aromatic heterocycles. The van der Waals surface area contributed by atoms with Gasteiger partial charge >= 0.3 is 0 Å². The van der Waals surface area contributed by atoms with E-state index in [0.717, 1.165) is 13.1 Å². The summed E-state index contributed by atoms with van der Waals surface area (Å²) in [5.74, 6) is -1.52. The number of nitrogens with zero attached hydrogens (tertiary/aromatic N) is 3. The second-order valence-corrected chi connectivity index (χ2v) is 8.24. The van der Waals surface area contributed by atoms with Crippen LogP contribution in [0.3, 0.4) is 0 Å². The molecular weight excluding hydrogens is 420 g/mol. The van der Waals surface area contributed by atoms with Crippen molar-refractivity contribution in [1.29, 1.82) is 0 Å². The molecule has 31 heavy (non-hydrogen) atoms. The first-order valence-electron chi connectivity index (χ1n) is 10.2. The summed E-state index contributed by atoms with van der Waals surface area (Å²) in [6.45, 7) is 7.34. The molecule has 2 aliphatic heterocycles. The smallest absolute Gasteiger partial charge is 0.295 e. The molecule has 2 aromatic rings. The molecule has 1 atom stereocenters.